The molecule has 0 aromatic rings. The Hall–Kier alpha value is -0.710. The fraction of sp³-hybridized carbons (Fsp3) is 0.778. The SMILES string of the molecule is CCNC(=O)C(CS)NC(=O)C(C)C. The van der Waals surface area contributed by atoms with Gasteiger partial charge in [-0.25, -0.2) is 0 Å². The molecule has 1 unspecified atom stereocenters. The van der Waals surface area contributed by atoms with E-state index in [1.54, 1.807) is 13.8 Å². The van der Waals surface area contributed by atoms with Crippen LogP contribution in [-0.2, 0) is 9.59 Å². The zero-order chi connectivity index (χ0) is 11.1. The Bertz CT molecular complexity index is 207. The van der Waals surface area contributed by atoms with E-state index in [1.807, 2.05) is 6.92 Å². The van der Waals surface area contributed by atoms with E-state index in [2.05, 4.69) is 23.3 Å². The minimum atomic E-state index is -0.534. The van der Waals surface area contributed by atoms with Crippen molar-refractivity contribution >= 4 is 24.4 Å². The van der Waals surface area contributed by atoms with Gasteiger partial charge in [0.2, 0.25) is 11.8 Å². The molecule has 0 aliphatic rings. The van der Waals surface area contributed by atoms with Crippen LogP contribution in [0.1, 0.15) is 20.8 Å². The summed E-state index contributed by atoms with van der Waals surface area (Å²) in [6, 6.07) is -0.534. The Morgan fingerprint density at radius 2 is 1.86 bits per heavy atom. The second-order valence-electron chi connectivity index (χ2n) is 3.29. The quantitative estimate of drug-likeness (QED) is 0.577. The Labute approximate surface area is 90.2 Å². The average Bonchev–Trinajstić information content (AvgIpc) is 2.13. The van der Waals surface area contributed by atoms with E-state index >= 15 is 0 Å². The third-order valence-electron chi connectivity index (χ3n) is 1.69. The van der Waals surface area contributed by atoms with Gasteiger partial charge in [-0.15, -0.1) is 0 Å². The number of hydrogen-bond acceptors (Lipinski definition) is 3. The summed E-state index contributed by atoms with van der Waals surface area (Å²) in [5.41, 5.74) is 0. The number of carbonyl (C=O) groups is 2. The van der Waals surface area contributed by atoms with Crippen molar-refractivity contribution in [1.29, 1.82) is 0 Å². The van der Waals surface area contributed by atoms with Crippen LogP contribution in [0.2, 0.25) is 0 Å². The first-order valence-corrected chi connectivity index (χ1v) is 5.35. The van der Waals surface area contributed by atoms with Crippen LogP contribution in [0.4, 0.5) is 0 Å². The van der Waals surface area contributed by atoms with Gasteiger partial charge in [0.25, 0.3) is 0 Å². The number of thiol groups is 1. The Morgan fingerprint density at radius 1 is 1.29 bits per heavy atom. The van der Waals surface area contributed by atoms with Gasteiger partial charge in [0.1, 0.15) is 6.04 Å². The largest absolute Gasteiger partial charge is 0.355 e. The lowest BCUT2D eigenvalue weighted by Gasteiger charge is -2.16. The average molecular weight is 218 g/mol. The van der Waals surface area contributed by atoms with Gasteiger partial charge in [-0.1, -0.05) is 13.8 Å². The molecule has 0 radical (unpaired) electrons. The lowest BCUT2D eigenvalue weighted by atomic mass is 10.2. The van der Waals surface area contributed by atoms with Gasteiger partial charge in [0, 0.05) is 18.2 Å². The molecule has 0 saturated heterocycles. The fourth-order valence-electron chi connectivity index (χ4n) is 0.830. The summed E-state index contributed by atoms with van der Waals surface area (Å²) in [5.74, 6) is -0.122. The molecule has 1 atom stereocenters. The standard InChI is InChI=1S/C9H18N2O2S/c1-4-10-9(13)7(5-14)11-8(12)6(2)3/h6-7,14H,4-5H2,1-3H3,(H,10,13)(H,11,12). The summed E-state index contributed by atoms with van der Waals surface area (Å²) < 4.78 is 0. The molecule has 5 heteroatoms. The minimum absolute atomic E-state index is 0.119. The molecule has 0 heterocycles. The molecule has 2 amide bonds. The smallest absolute Gasteiger partial charge is 0.243 e. The van der Waals surface area contributed by atoms with Gasteiger partial charge in [-0.3, -0.25) is 9.59 Å². The van der Waals surface area contributed by atoms with E-state index in [4.69, 9.17) is 0 Å². The van der Waals surface area contributed by atoms with Crippen molar-refractivity contribution in [3.8, 4) is 0 Å². The van der Waals surface area contributed by atoms with Gasteiger partial charge in [0.05, 0.1) is 0 Å². The number of amides is 2. The van der Waals surface area contributed by atoms with Crippen molar-refractivity contribution < 1.29 is 9.59 Å². The Balaban J connectivity index is 4.15. The molecule has 0 aliphatic heterocycles. The maximum Gasteiger partial charge on any atom is 0.243 e. The predicted molar refractivity (Wildman–Crippen MR) is 59.3 cm³/mol. The maximum atomic E-state index is 11.4. The highest BCUT2D eigenvalue weighted by Crippen LogP contribution is 1.95. The van der Waals surface area contributed by atoms with E-state index in [0.717, 1.165) is 0 Å². The van der Waals surface area contributed by atoms with E-state index in [1.165, 1.54) is 0 Å². The Kier molecular flexibility index (Phi) is 6.36. The molecule has 4 nitrogen and oxygen atoms in total. The van der Waals surface area contributed by atoms with Crippen molar-refractivity contribution in [2.75, 3.05) is 12.3 Å². The normalized spacial score (nSPS) is 12.4. The van der Waals surface area contributed by atoms with Crippen LogP contribution >= 0.6 is 12.6 Å². The van der Waals surface area contributed by atoms with Gasteiger partial charge in [-0.05, 0) is 6.92 Å². The second-order valence-corrected chi connectivity index (χ2v) is 3.66. The van der Waals surface area contributed by atoms with Gasteiger partial charge in [0.15, 0.2) is 0 Å². The molecule has 2 N–H and O–H groups in total. The van der Waals surface area contributed by atoms with Crippen LogP contribution in [0.15, 0.2) is 0 Å². The first-order chi connectivity index (χ1) is 6.52. The van der Waals surface area contributed by atoms with Crippen molar-refractivity contribution in [3.05, 3.63) is 0 Å². The third kappa shape index (κ3) is 4.50. The van der Waals surface area contributed by atoms with E-state index < -0.39 is 6.04 Å². The highest BCUT2D eigenvalue weighted by atomic mass is 32.1. The molecule has 0 spiro atoms. The first-order valence-electron chi connectivity index (χ1n) is 4.71. The molecule has 0 aromatic heterocycles. The monoisotopic (exact) mass is 218 g/mol. The minimum Gasteiger partial charge on any atom is -0.355 e. The van der Waals surface area contributed by atoms with Crippen molar-refractivity contribution in [3.63, 3.8) is 0 Å². The first kappa shape index (κ1) is 13.3. The molecular weight excluding hydrogens is 200 g/mol. The molecule has 0 aliphatic carbocycles. The Morgan fingerprint density at radius 3 is 2.21 bits per heavy atom. The molecule has 0 rings (SSSR count). The summed E-state index contributed by atoms with van der Waals surface area (Å²) in [6.07, 6.45) is 0. The van der Waals surface area contributed by atoms with Crippen LogP contribution in [0.25, 0.3) is 0 Å². The van der Waals surface area contributed by atoms with Crippen LogP contribution in [0, 0.1) is 5.92 Å². The molecule has 0 bridgehead atoms. The fourth-order valence-corrected chi connectivity index (χ4v) is 1.09. The van der Waals surface area contributed by atoms with Crippen LogP contribution < -0.4 is 10.6 Å². The highest BCUT2D eigenvalue weighted by molar-refractivity contribution is 7.80. The molecule has 0 saturated carbocycles. The van der Waals surface area contributed by atoms with Gasteiger partial charge in [-0.2, -0.15) is 12.6 Å². The summed E-state index contributed by atoms with van der Waals surface area (Å²) in [5, 5.41) is 5.26. The van der Waals surface area contributed by atoms with Crippen molar-refractivity contribution in [2.24, 2.45) is 5.92 Å². The van der Waals surface area contributed by atoms with E-state index in [-0.39, 0.29) is 17.7 Å². The third-order valence-corrected chi connectivity index (χ3v) is 2.06. The lowest BCUT2D eigenvalue weighted by molar-refractivity contribution is -0.130. The van der Waals surface area contributed by atoms with Crippen LogP contribution in [0.5, 0.6) is 0 Å². The van der Waals surface area contributed by atoms with E-state index in [0.29, 0.717) is 12.3 Å². The number of nitrogens with one attached hydrogen (secondary N) is 2. The number of hydrogen-bond donors (Lipinski definition) is 3. The van der Waals surface area contributed by atoms with Crippen molar-refractivity contribution in [2.45, 2.75) is 26.8 Å². The zero-order valence-corrected chi connectivity index (χ0v) is 9.73. The number of rotatable bonds is 5. The predicted octanol–water partition coefficient (Wildman–Crippen LogP) is 0.193. The summed E-state index contributed by atoms with van der Waals surface area (Å²) in [4.78, 5) is 22.7. The molecule has 0 fully saturated rings. The summed E-state index contributed by atoms with van der Waals surface area (Å²) in [7, 11) is 0. The van der Waals surface area contributed by atoms with Crippen LogP contribution in [0.3, 0.4) is 0 Å². The van der Waals surface area contributed by atoms with Gasteiger partial charge < -0.3 is 10.6 Å². The van der Waals surface area contributed by atoms with E-state index in [9.17, 15) is 9.59 Å². The summed E-state index contributed by atoms with van der Waals surface area (Å²) >= 11 is 4.02. The lowest BCUT2D eigenvalue weighted by Crippen LogP contribution is -2.49. The van der Waals surface area contributed by atoms with Crippen molar-refractivity contribution in [1.82, 2.24) is 10.6 Å². The topological polar surface area (TPSA) is 58.2 Å². The summed E-state index contributed by atoms with van der Waals surface area (Å²) in [6.45, 7) is 5.95. The highest BCUT2D eigenvalue weighted by Gasteiger charge is 2.19. The molecule has 0 aromatic carbocycles. The molecular formula is C9H18N2O2S. The second kappa shape index (κ2) is 6.70. The van der Waals surface area contributed by atoms with Gasteiger partial charge >= 0.3 is 0 Å². The van der Waals surface area contributed by atoms with Crippen LogP contribution in [-0.4, -0.2) is 30.2 Å². The molecule has 14 heavy (non-hydrogen) atoms. The maximum absolute atomic E-state index is 11.4. The number of carbonyl (C=O) groups excluding carboxylic acids is 2. The number of likely N-dealkylation sites (N-methyl/N-ethyl adjacent to an activating group) is 1. The molecule has 82 valence electrons. The zero-order valence-electron chi connectivity index (χ0n) is 8.83.